The summed E-state index contributed by atoms with van der Waals surface area (Å²) in [4.78, 5) is 0.152. The van der Waals surface area contributed by atoms with Gasteiger partial charge in [-0.1, -0.05) is 22.9 Å². The van der Waals surface area contributed by atoms with Crippen molar-refractivity contribution in [1.82, 2.24) is 4.31 Å². The molecular weight excluding hydrogens is 458 g/mol. The molecule has 0 amide bonds. The molecule has 1 aromatic rings. The summed E-state index contributed by atoms with van der Waals surface area (Å²) in [5.41, 5.74) is 0. The Labute approximate surface area is 148 Å². The van der Waals surface area contributed by atoms with Crippen LogP contribution in [0.1, 0.15) is 19.8 Å². The summed E-state index contributed by atoms with van der Waals surface area (Å²) in [6.45, 7) is 2.18. The van der Waals surface area contributed by atoms with Crippen LogP contribution in [-0.4, -0.2) is 45.2 Å². The average Bonchev–Trinajstić information content (AvgIpc) is 2.78. The van der Waals surface area contributed by atoms with Crippen LogP contribution in [0.25, 0.3) is 0 Å². The topological polar surface area (TPSA) is 71.5 Å². The Balaban J connectivity index is 2.45. The van der Waals surface area contributed by atoms with Gasteiger partial charge in [0, 0.05) is 21.5 Å². The van der Waals surface area contributed by atoms with Gasteiger partial charge >= 0.3 is 0 Å². The van der Waals surface area contributed by atoms with Crippen molar-refractivity contribution >= 4 is 51.7 Å². The highest BCUT2D eigenvalue weighted by molar-refractivity contribution is 9.11. The number of benzene rings is 1. The Bertz CT molecular complexity index is 762. The van der Waals surface area contributed by atoms with Gasteiger partial charge in [0.25, 0.3) is 0 Å². The maximum absolute atomic E-state index is 13.0. The minimum Gasteiger partial charge on any atom is -0.229 e. The van der Waals surface area contributed by atoms with Gasteiger partial charge in [-0.3, -0.25) is 0 Å². The van der Waals surface area contributed by atoms with Crippen LogP contribution in [0, 0.1) is 0 Å². The predicted molar refractivity (Wildman–Crippen MR) is 93.1 cm³/mol. The molecule has 0 unspecified atom stereocenters. The molecule has 1 atom stereocenters. The van der Waals surface area contributed by atoms with E-state index in [2.05, 4.69) is 31.9 Å². The second-order valence-electron chi connectivity index (χ2n) is 5.25. The number of halogens is 2. The van der Waals surface area contributed by atoms with E-state index in [0.29, 0.717) is 28.3 Å². The van der Waals surface area contributed by atoms with Gasteiger partial charge in [0.15, 0.2) is 9.84 Å². The van der Waals surface area contributed by atoms with E-state index in [-0.39, 0.29) is 16.4 Å². The maximum atomic E-state index is 13.0. The van der Waals surface area contributed by atoms with Gasteiger partial charge in [-0.15, -0.1) is 0 Å². The fourth-order valence-corrected chi connectivity index (χ4v) is 7.56. The van der Waals surface area contributed by atoms with Crippen LogP contribution in [0.4, 0.5) is 0 Å². The molecule has 0 saturated carbocycles. The van der Waals surface area contributed by atoms with E-state index < -0.39 is 25.9 Å². The molecule has 22 heavy (non-hydrogen) atoms. The van der Waals surface area contributed by atoms with Crippen LogP contribution in [0.2, 0.25) is 0 Å². The summed E-state index contributed by atoms with van der Waals surface area (Å²) >= 11 is 6.55. The number of hydrogen-bond acceptors (Lipinski definition) is 4. The van der Waals surface area contributed by atoms with E-state index in [1.165, 1.54) is 10.4 Å². The first-order chi connectivity index (χ1) is 10.2. The summed E-state index contributed by atoms with van der Waals surface area (Å²) in [6, 6.07) is 4.45. The van der Waals surface area contributed by atoms with Crippen LogP contribution < -0.4 is 0 Å². The lowest BCUT2D eigenvalue weighted by atomic mass is 10.2. The Kier molecular flexibility index (Phi) is 5.75. The molecule has 124 valence electrons. The summed E-state index contributed by atoms with van der Waals surface area (Å²) < 4.78 is 51.8. The number of sulfone groups is 1. The highest BCUT2D eigenvalue weighted by atomic mass is 79.9. The zero-order valence-electron chi connectivity index (χ0n) is 12.0. The SMILES string of the molecule is CCCN([C@H]1CCS(=O)(=O)C1)S(=O)(=O)c1cc(Br)ccc1Br. The molecule has 1 aliphatic rings. The van der Waals surface area contributed by atoms with Crippen molar-refractivity contribution in [2.45, 2.75) is 30.7 Å². The van der Waals surface area contributed by atoms with Crippen LogP contribution in [0.5, 0.6) is 0 Å². The molecule has 0 radical (unpaired) electrons. The molecule has 2 rings (SSSR count). The van der Waals surface area contributed by atoms with Crippen molar-refractivity contribution in [3.63, 3.8) is 0 Å². The van der Waals surface area contributed by atoms with Crippen molar-refractivity contribution < 1.29 is 16.8 Å². The number of rotatable bonds is 5. The number of hydrogen-bond donors (Lipinski definition) is 0. The van der Waals surface area contributed by atoms with Crippen molar-refractivity contribution in [2.75, 3.05) is 18.1 Å². The molecule has 5 nitrogen and oxygen atoms in total. The minimum atomic E-state index is -3.76. The Morgan fingerprint density at radius 2 is 2.00 bits per heavy atom. The zero-order valence-corrected chi connectivity index (χ0v) is 16.8. The van der Waals surface area contributed by atoms with Gasteiger partial charge in [-0.2, -0.15) is 4.31 Å². The third kappa shape index (κ3) is 3.92. The van der Waals surface area contributed by atoms with E-state index in [4.69, 9.17) is 0 Å². The summed E-state index contributed by atoms with van der Waals surface area (Å²) in [7, 11) is -6.90. The fraction of sp³-hybridized carbons (Fsp3) is 0.538. The van der Waals surface area contributed by atoms with E-state index >= 15 is 0 Å². The molecule has 0 aromatic heterocycles. The Morgan fingerprint density at radius 3 is 2.55 bits per heavy atom. The van der Waals surface area contributed by atoms with Crippen LogP contribution >= 0.6 is 31.9 Å². The lowest BCUT2D eigenvalue weighted by molar-refractivity contribution is 0.340. The lowest BCUT2D eigenvalue weighted by Crippen LogP contribution is -2.41. The molecule has 9 heteroatoms. The second kappa shape index (κ2) is 6.88. The average molecular weight is 475 g/mol. The van der Waals surface area contributed by atoms with Gasteiger partial charge in [0.2, 0.25) is 10.0 Å². The first-order valence-corrected chi connectivity index (χ1v) is 11.7. The lowest BCUT2D eigenvalue weighted by Gasteiger charge is -2.27. The van der Waals surface area contributed by atoms with E-state index in [0.717, 1.165) is 0 Å². The first kappa shape index (κ1) is 18.4. The molecule has 0 aliphatic carbocycles. The Hall–Kier alpha value is 0.0400. The van der Waals surface area contributed by atoms with Gasteiger partial charge in [-0.05, 0) is 47.0 Å². The van der Waals surface area contributed by atoms with Gasteiger partial charge in [0.05, 0.1) is 16.4 Å². The molecule has 0 N–H and O–H groups in total. The largest absolute Gasteiger partial charge is 0.244 e. The smallest absolute Gasteiger partial charge is 0.229 e. The molecular formula is C13H17Br2NO4S2. The molecule has 1 fully saturated rings. The van der Waals surface area contributed by atoms with Crippen LogP contribution in [0.15, 0.2) is 32.0 Å². The minimum absolute atomic E-state index is 0.0487. The second-order valence-corrected chi connectivity index (χ2v) is 11.1. The maximum Gasteiger partial charge on any atom is 0.244 e. The summed E-state index contributed by atoms with van der Waals surface area (Å²) in [5, 5.41) is 0. The quantitative estimate of drug-likeness (QED) is 0.657. The molecule has 0 bridgehead atoms. The highest BCUT2D eigenvalue weighted by Gasteiger charge is 2.38. The zero-order chi connectivity index (χ0) is 16.5. The molecule has 0 spiro atoms. The third-order valence-corrected chi connectivity index (χ3v) is 8.73. The van der Waals surface area contributed by atoms with Gasteiger partial charge in [0.1, 0.15) is 0 Å². The molecule has 1 heterocycles. The van der Waals surface area contributed by atoms with Crippen molar-refractivity contribution in [2.24, 2.45) is 0 Å². The standard InChI is InChI=1S/C13H17Br2NO4S2/c1-2-6-16(11-5-7-21(17,18)9-11)22(19,20)13-8-10(14)3-4-12(13)15/h3-4,8,11H,2,5-7,9H2,1H3/t11-/m0/s1. The predicted octanol–water partition coefficient (Wildman–Crippen LogP) is 2.80. The third-order valence-electron chi connectivity index (χ3n) is 3.54. The number of sulfonamides is 1. The highest BCUT2D eigenvalue weighted by Crippen LogP contribution is 2.31. The monoisotopic (exact) mass is 473 g/mol. The van der Waals surface area contributed by atoms with Gasteiger partial charge in [-0.25, -0.2) is 16.8 Å². The van der Waals surface area contributed by atoms with Crippen molar-refractivity contribution in [1.29, 1.82) is 0 Å². The summed E-state index contributed by atoms with van der Waals surface area (Å²) in [6.07, 6.45) is 0.981. The van der Waals surface area contributed by atoms with E-state index in [1.807, 2.05) is 6.92 Å². The van der Waals surface area contributed by atoms with E-state index in [9.17, 15) is 16.8 Å². The normalized spacial score (nSPS) is 21.4. The van der Waals surface area contributed by atoms with Gasteiger partial charge < -0.3 is 0 Å². The van der Waals surface area contributed by atoms with Crippen LogP contribution in [0.3, 0.4) is 0 Å². The molecule has 1 saturated heterocycles. The van der Waals surface area contributed by atoms with Crippen LogP contribution in [-0.2, 0) is 19.9 Å². The molecule has 1 aliphatic heterocycles. The summed E-state index contributed by atoms with van der Waals surface area (Å²) in [5.74, 6) is -0.0507. The number of nitrogens with zero attached hydrogens (tertiary/aromatic N) is 1. The van der Waals surface area contributed by atoms with E-state index in [1.54, 1.807) is 12.1 Å². The Morgan fingerprint density at radius 1 is 1.32 bits per heavy atom. The van der Waals surface area contributed by atoms with Crippen molar-refractivity contribution in [3.05, 3.63) is 27.1 Å². The van der Waals surface area contributed by atoms with Crippen molar-refractivity contribution in [3.8, 4) is 0 Å². The first-order valence-electron chi connectivity index (χ1n) is 6.84. The molecule has 1 aromatic carbocycles. The fourth-order valence-electron chi connectivity index (χ4n) is 2.52.